The summed E-state index contributed by atoms with van der Waals surface area (Å²) >= 11 is 0. The molecule has 0 aromatic heterocycles. The van der Waals surface area contributed by atoms with Gasteiger partial charge in [-0.3, -0.25) is 14.6 Å². The van der Waals surface area contributed by atoms with Crippen molar-refractivity contribution in [2.24, 2.45) is 10.3 Å². The predicted molar refractivity (Wildman–Crippen MR) is 88.3 cm³/mol. The number of halogens is 4. The zero-order valence-corrected chi connectivity index (χ0v) is 14.1. The van der Waals surface area contributed by atoms with Crippen LogP contribution in [-0.2, 0) is 22.3 Å². The summed E-state index contributed by atoms with van der Waals surface area (Å²) in [6.45, 7) is -0.120. The smallest absolute Gasteiger partial charge is 0.271 e. The molecule has 6 nitrogen and oxygen atoms in total. The topological polar surface area (TPSA) is 65.3 Å². The fraction of sp³-hybridized carbons (Fsp3) is 0.222. The first-order chi connectivity index (χ1) is 13.3. The van der Waals surface area contributed by atoms with Crippen LogP contribution in [-0.4, -0.2) is 28.9 Å². The van der Waals surface area contributed by atoms with Crippen LogP contribution in [0.2, 0.25) is 0 Å². The summed E-state index contributed by atoms with van der Waals surface area (Å²) in [7, 11) is 0. The van der Waals surface area contributed by atoms with Crippen molar-refractivity contribution in [3.8, 4) is 0 Å². The van der Waals surface area contributed by atoms with Crippen molar-refractivity contribution in [2.75, 3.05) is 4.90 Å². The Hall–Kier alpha value is -3.30. The number of carbonyl (C=O) groups is 2. The van der Waals surface area contributed by atoms with Crippen LogP contribution in [0.1, 0.15) is 11.1 Å². The van der Waals surface area contributed by atoms with Gasteiger partial charge in [0, 0.05) is 0 Å². The molecule has 144 valence electrons. The maximum atomic E-state index is 13.1. The Balaban J connectivity index is 1.58. The van der Waals surface area contributed by atoms with Crippen LogP contribution in [0.25, 0.3) is 0 Å². The number of carbonyl (C=O) groups excluding carboxylic acids is 2. The molecule has 2 aromatic carbocycles. The third kappa shape index (κ3) is 3.00. The number of hydrogen-bond acceptors (Lipinski definition) is 5. The molecule has 10 heteroatoms. The lowest BCUT2D eigenvalue weighted by Crippen LogP contribution is -2.39. The molecule has 0 bridgehead atoms. The van der Waals surface area contributed by atoms with E-state index in [1.165, 1.54) is 29.3 Å². The van der Waals surface area contributed by atoms with Crippen molar-refractivity contribution in [2.45, 2.75) is 24.8 Å². The van der Waals surface area contributed by atoms with Crippen LogP contribution in [0.3, 0.4) is 0 Å². The lowest BCUT2D eigenvalue weighted by Gasteiger charge is -2.21. The molecule has 1 fully saturated rings. The van der Waals surface area contributed by atoms with E-state index in [4.69, 9.17) is 0 Å². The Bertz CT molecular complexity index is 974. The van der Waals surface area contributed by atoms with Crippen LogP contribution < -0.4 is 4.90 Å². The summed E-state index contributed by atoms with van der Waals surface area (Å²) < 4.78 is 51.8. The largest absolute Gasteiger partial charge is 0.416 e. The van der Waals surface area contributed by atoms with Crippen LogP contribution in [0, 0.1) is 5.82 Å². The number of hydrogen-bond donors (Lipinski definition) is 0. The van der Waals surface area contributed by atoms with Gasteiger partial charge in [-0.15, -0.1) is 0 Å². The molecule has 2 amide bonds. The van der Waals surface area contributed by atoms with Crippen LogP contribution in [0.4, 0.5) is 23.2 Å². The number of benzene rings is 2. The summed E-state index contributed by atoms with van der Waals surface area (Å²) in [5.41, 5.74) is -0.352. The maximum absolute atomic E-state index is 13.1. The molecule has 2 aromatic rings. The Labute approximate surface area is 156 Å². The monoisotopic (exact) mass is 392 g/mol. The number of amides is 2. The SMILES string of the molecule is O=C1[C@H]2N=NN(Cc3cccc(C(F)(F)F)c3)[C@H]2C(=O)N1c1ccc(F)cc1. The van der Waals surface area contributed by atoms with E-state index >= 15 is 0 Å². The number of alkyl halides is 3. The molecule has 0 radical (unpaired) electrons. The van der Waals surface area contributed by atoms with E-state index in [1.807, 2.05) is 0 Å². The fourth-order valence-electron chi connectivity index (χ4n) is 3.23. The second-order valence-electron chi connectivity index (χ2n) is 6.38. The summed E-state index contributed by atoms with van der Waals surface area (Å²) in [6, 6.07) is 7.32. The van der Waals surface area contributed by atoms with Gasteiger partial charge < -0.3 is 0 Å². The van der Waals surface area contributed by atoms with Crippen molar-refractivity contribution in [1.82, 2.24) is 5.01 Å². The number of fused-ring (bicyclic) bond motifs is 1. The maximum Gasteiger partial charge on any atom is 0.416 e. The zero-order valence-electron chi connectivity index (χ0n) is 14.1. The molecule has 0 N–H and O–H groups in total. The number of imide groups is 1. The van der Waals surface area contributed by atoms with Crippen LogP contribution in [0.5, 0.6) is 0 Å². The van der Waals surface area contributed by atoms with Gasteiger partial charge in [-0.05, 0) is 42.0 Å². The number of anilines is 1. The normalized spacial score (nSPS) is 21.6. The molecule has 1 saturated heterocycles. The lowest BCUT2D eigenvalue weighted by molar-refractivity contribution is -0.137. The number of rotatable bonds is 3. The molecule has 0 unspecified atom stereocenters. The van der Waals surface area contributed by atoms with Crippen LogP contribution in [0.15, 0.2) is 58.9 Å². The Morgan fingerprint density at radius 1 is 1.00 bits per heavy atom. The molecule has 0 spiro atoms. The molecule has 2 atom stereocenters. The van der Waals surface area contributed by atoms with Gasteiger partial charge in [0.2, 0.25) is 0 Å². The summed E-state index contributed by atoms with van der Waals surface area (Å²) in [5, 5.41) is 8.81. The zero-order chi connectivity index (χ0) is 20.1. The molecule has 4 rings (SSSR count). The van der Waals surface area contributed by atoms with Crippen molar-refractivity contribution in [3.63, 3.8) is 0 Å². The van der Waals surface area contributed by atoms with Crippen molar-refractivity contribution < 1.29 is 27.2 Å². The van der Waals surface area contributed by atoms with Gasteiger partial charge in [-0.2, -0.15) is 18.3 Å². The fourth-order valence-corrected chi connectivity index (χ4v) is 3.23. The van der Waals surface area contributed by atoms with Gasteiger partial charge in [0.1, 0.15) is 5.82 Å². The minimum atomic E-state index is -4.50. The summed E-state index contributed by atoms with van der Waals surface area (Å²) in [4.78, 5) is 26.2. The molecule has 28 heavy (non-hydrogen) atoms. The molecule has 0 aliphatic carbocycles. The summed E-state index contributed by atoms with van der Waals surface area (Å²) in [5.74, 6) is -1.75. The molecule has 2 heterocycles. The highest BCUT2D eigenvalue weighted by molar-refractivity contribution is 6.25. The van der Waals surface area contributed by atoms with E-state index in [0.29, 0.717) is 0 Å². The van der Waals surface area contributed by atoms with Gasteiger partial charge in [0.05, 0.1) is 17.8 Å². The van der Waals surface area contributed by atoms with Crippen LogP contribution >= 0.6 is 0 Å². The summed E-state index contributed by atoms with van der Waals surface area (Å²) in [6.07, 6.45) is -4.50. The Morgan fingerprint density at radius 2 is 1.71 bits per heavy atom. The van der Waals surface area contributed by atoms with Gasteiger partial charge in [0.25, 0.3) is 11.8 Å². The highest BCUT2D eigenvalue weighted by Gasteiger charge is 2.54. The quantitative estimate of drug-likeness (QED) is 0.595. The van der Waals surface area contributed by atoms with E-state index in [0.717, 1.165) is 29.2 Å². The molecular weight excluding hydrogens is 380 g/mol. The predicted octanol–water partition coefficient (Wildman–Crippen LogP) is 3.34. The molecule has 0 saturated carbocycles. The second-order valence-corrected chi connectivity index (χ2v) is 6.38. The standard InChI is InChI=1S/C18H12F4N4O2/c19-12-4-6-13(7-5-12)26-16(27)14-15(17(26)28)25(24-23-14)9-10-2-1-3-11(8-10)18(20,21)22/h1-8,14-15H,9H2/t14-,15+/m0/s1. The third-order valence-electron chi connectivity index (χ3n) is 4.54. The molecule has 2 aliphatic heterocycles. The number of nitrogens with zero attached hydrogens (tertiary/aromatic N) is 4. The minimum absolute atomic E-state index is 0.120. The van der Waals surface area contributed by atoms with E-state index in [-0.39, 0.29) is 17.8 Å². The lowest BCUT2D eigenvalue weighted by atomic mass is 10.1. The minimum Gasteiger partial charge on any atom is -0.271 e. The van der Waals surface area contributed by atoms with Crippen molar-refractivity contribution >= 4 is 17.5 Å². The van der Waals surface area contributed by atoms with E-state index in [2.05, 4.69) is 10.3 Å². The van der Waals surface area contributed by atoms with Gasteiger partial charge in [0.15, 0.2) is 12.1 Å². The Morgan fingerprint density at radius 3 is 2.39 bits per heavy atom. The highest BCUT2D eigenvalue weighted by atomic mass is 19.4. The van der Waals surface area contributed by atoms with E-state index in [9.17, 15) is 27.2 Å². The molecular formula is C18H12F4N4O2. The van der Waals surface area contributed by atoms with Gasteiger partial charge >= 0.3 is 6.18 Å². The second kappa shape index (κ2) is 6.39. The third-order valence-corrected chi connectivity index (χ3v) is 4.54. The highest BCUT2D eigenvalue weighted by Crippen LogP contribution is 2.34. The average Bonchev–Trinajstić information content (AvgIpc) is 3.16. The average molecular weight is 392 g/mol. The van der Waals surface area contributed by atoms with E-state index in [1.54, 1.807) is 0 Å². The van der Waals surface area contributed by atoms with Gasteiger partial charge in [-0.25, -0.2) is 9.29 Å². The van der Waals surface area contributed by atoms with Gasteiger partial charge in [-0.1, -0.05) is 17.4 Å². The van der Waals surface area contributed by atoms with E-state index < -0.39 is 41.5 Å². The first-order valence-corrected chi connectivity index (χ1v) is 8.22. The first kappa shape index (κ1) is 18.1. The van der Waals surface area contributed by atoms with Crippen molar-refractivity contribution in [1.29, 1.82) is 0 Å². The van der Waals surface area contributed by atoms with Crippen molar-refractivity contribution in [3.05, 3.63) is 65.5 Å². The first-order valence-electron chi connectivity index (χ1n) is 8.22. The Kier molecular flexibility index (Phi) is 4.13. The molecule has 2 aliphatic rings.